The number of nitrogens with zero attached hydrogens (tertiary/aromatic N) is 2. The topological polar surface area (TPSA) is 124 Å². The van der Waals surface area contributed by atoms with Crippen LogP contribution in [0.5, 0.6) is 5.75 Å². The molecule has 198 valence electrons. The molecule has 2 aromatic rings. The Bertz CT molecular complexity index is 1160. The van der Waals surface area contributed by atoms with Crippen molar-refractivity contribution in [2.24, 2.45) is 0 Å². The number of hydrogen-bond acceptors (Lipinski definition) is 6. The third-order valence-electron chi connectivity index (χ3n) is 5.22. The highest BCUT2D eigenvalue weighted by atomic mass is 35.5. The zero-order valence-electron chi connectivity index (χ0n) is 19.0. The minimum Gasteiger partial charge on any atom is -0.482 e. The van der Waals surface area contributed by atoms with Gasteiger partial charge in [-0.05, 0) is 37.3 Å². The molecule has 3 rings (SSSR count). The summed E-state index contributed by atoms with van der Waals surface area (Å²) in [5.74, 6) is -3.35. The molecular weight excluding hydrogens is 529 g/mol. The number of piperazine rings is 1. The second-order valence-electron chi connectivity index (χ2n) is 7.60. The molecule has 0 saturated carbocycles. The Hall–Kier alpha value is -2.87. The zero-order chi connectivity index (χ0) is 27.1. The fourth-order valence-corrected chi connectivity index (χ4v) is 5.01. The van der Waals surface area contributed by atoms with Crippen molar-refractivity contribution in [3.05, 3.63) is 59.1 Å². The van der Waals surface area contributed by atoms with Crippen LogP contribution in [-0.2, 0) is 19.6 Å². The Morgan fingerprint density at radius 3 is 2.11 bits per heavy atom. The van der Waals surface area contributed by atoms with E-state index in [-0.39, 0.29) is 6.04 Å². The van der Waals surface area contributed by atoms with Crippen LogP contribution in [0, 0.1) is 0 Å². The molecule has 1 saturated heterocycles. The number of hydrogen-bond donors (Lipinski definition) is 2. The Balaban J connectivity index is 0.000000572. The highest BCUT2D eigenvalue weighted by Crippen LogP contribution is 2.33. The summed E-state index contributed by atoms with van der Waals surface area (Å²) in [4.78, 5) is 22.2. The van der Waals surface area contributed by atoms with Gasteiger partial charge in [0, 0.05) is 42.8 Å². The van der Waals surface area contributed by atoms with Gasteiger partial charge in [0.05, 0.1) is 4.90 Å². The molecule has 1 aliphatic heterocycles. The molecule has 0 aliphatic carbocycles. The van der Waals surface area contributed by atoms with Crippen molar-refractivity contribution in [3.63, 3.8) is 0 Å². The fourth-order valence-electron chi connectivity index (χ4n) is 3.39. The number of ether oxygens (including phenoxy) is 1. The van der Waals surface area contributed by atoms with E-state index >= 15 is 0 Å². The van der Waals surface area contributed by atoms with Crippen LogP contribution in [-0.4, -0.2) is 78.7 Å². The first-order valence-corrected chi connectivity index (χ1v) is 12.3. The third kappa shape index (κ3) is 8.08. The minimum absolute atomic E-state index is 0.112. The lowest BCUT2D eigenvalue weighted by Gasteiger charge is -2.38. The second kappa shape index (κ2) is 12.4. The molecule has 1 fully saturated rings. The number of benzene rings is 2. The molecule has 2 aromatic carbocycles. The van der Waals surface area contributed by atoms with E-state index < -0.39 is 34.7 Å². The van der Waals surface area contributed by atoms with Crippen LogP contribution in [0.4, 0.5) is 13.2 Å². The van der Waals surface area contributed by atoms with E-state index in [0.717, 1.165) is 5.56 Å². The molecule has 2 N–H and O–H groups in total. The first-order valence-electron chi connectivity index (χ1n) is 10.5. The van der Waals surface area contributed by atoms with Crippen molar-refractivity contribution in [2.45, 2.75) is 24.0 Å². The van der Waals surface area contributed by atoms with Gasteiger partial charge in [0.2, 0.25) is 10.0 Å². The summed E-state index contributed by atoms with van der Waals surface area (Å²) in [6, 6.07) is 13.4. The van der Waals surface area contributed by atoms with Crippen LogP contribution in [0.1, 0.15) is 18.5 Å². The predicted molar refractivity (Wildman–Crippen MR) is 123 cm³/mol. The van der Waals surface area contributed by atoms with Crippen LogP contribution in [0.2, 0.25) is 5.02 Å². The Morgan fingerprint density at radius 2 is 1.61 bits per heavy atom. The Kier molecular flexibility index (Phi) is 10.1. The van der Waals surface area contributed by atoms with Crippen molar-refractivity contribution in [1.82, 2.24) is 9.21 Å². The van der Waals surface area contributed by atoms with Gasteiger partial charge in [-0.1, -0.05) is 29.8 Å². The summed E-state index contributed by atoms with van der Waals surface area (Å²) in [6.07, 6.45) is -5.08. The lowest BCUT2D eigenvalue weighted by Crippen LogP contribution is -2.49. The van der Waals surface area contributed by atoms with Gasteiger partial charge in [-0.3, -0.25) is 4.90 Å². The maximum atomic E-state index is 12.8. The van der Waals surface area contributed by atoms with Crippen LogP contribution < -0.4 is 4.74 Å². The van der Waals surface area contributed by atoms with Crippen LogP contribution in [0.3, 0.4) is 0 Å². The first kappa shape index (κ1) is 29.4. The van der Waals surface area contributed by atoms with Gasteiger partial charge >= 0.3 is 18.1 Å². The Morgan fingerprint density at radius 1 is 1.06 bits per heavy atom. The lowest BCUT2D eigenvalue weighted by molar-refractivity contribution is -0.192. The monoisotopic (exact) mass is 552 g/mol. The van der Waals surface area contributed by atoms with Gasteiger partial charge in [-0.15, -0.1) is 0 Å². The van der Waals surface area contributed by atoms with Gasteiger partial charge in [-0.2, -0.15) is 17.5 Å². The van der Waals surface area contributed by atoms with Crippen molar-refractivity contribution >= 4 is 33.6 Å². The van der Waals surface area contributed by atoms with E-state index in [2.05, 4.69) is 4.90 Å². The van der Waals surface area contributed by atoms with Crippen molar-refractivity contribution in [2.75, 3.05) is 32.8 Å². The van der Waals surface area contributed by atoms with Gasteiger partial charge in [0.15, 0.2) is 6.61 Å². The van der Waals surface area contributed by atoms with Crippen molar-refractivity contribution in [1.29, 1.82) is 0 Å². The lowest BCUT2D eigenvalue weighted by atomic mass is 10.0. The second-order valence-corrected chi connectivity index (χ2v) is 9.97. The average molecular weight is 553 g/mol. The number of carboxylic acids is 2. The molecule has 0 amide bonds. The largest absolute Gasteiger partial charge is 0.490 e. The smallest absolute Gasteiger partial charge is 0.482 e. The van der Waals surface area contributed by atoms with Gasteiger partial charge < -0.3 is 14.9 Å². The third-order valence-corrected chi connectivity index (χ3v) is 7.37. The molecule has 0 radical (unpaired) electrons. The summed E-state index contributed by atoms with van der Waals surface area (Å²) in [7, 11) is -3.51. The van der Waals surface area contributed by atoms with Crippen molar-refractivity contribution in [3.8, 4) is 5.75 Å². The molecule has 1 aliphatic rings. The molecular formula is C22H24ClF3N2O7S. The molecule has 1 atom stereocenters. The maximum Gasteiger partial charge on any atom is 0.490 e. The molecule has 14 heteroatoms. The normalized spacial score (nSPS) is 15.9. The zero-order valence-corrected chi connectivity index (χ0v) is 20.6. The quantitative estimate of drug-likeness (QED) is 0.535. The van der Waals surface area contributed by atoms with Gasteiger partial charge in [-0.25, -0.2) is 18.0 Å². The molecule has 9 nitrogen and oxygen atoms in total. The highest BCUT2D eigenvalue weighted by molar-refractivity contribution is 7.89. The number of halogens is 4. The van der Waals surface area contributed by atoms with E-state index in [1.807, 2.05) is 6.92 Å². The van der Waals surface area contributed by atoms with E-state index in [0.29, 0.717) is 41.8 Å². The number of carboxylic acid groups (broad SMARTS) is 2. The van der Waals surface area contributed by atoms with Crippen LogP contribution >= 0.6 is 11.6 Å². The maximum absolute atomic E-state index is 12.8. The summed E-state index contributed by atoms with van der Waals surface area (Å²) in [5.41, 5.74) is 0.776. The molecule has 36 heavy (non-hydrogen) atoms. The number of carbonyl (C=O) groups is 2. The van der Waals surface area contributed by atoms with Gasteiger partial charge in [0.1, 0.15) is 5.75 Å². The summed E-state index contributed by atoms with van der Waals surface area (Å²) >= 11 is 6.14. The minimum atomic E-state index is -5.08. The fraction of sp³-hybridized carbons (Fsp3) is 0.364. The predicted octanol–water partition coefficient (Wildman–Crippen LogP) is 3.50. The molecule has 0 aromatic heterocycles. The highest BCUT2D eigenvalue weighted by Gasteiger charge is 2.38. The van der Waals surface area contributed by atoms with Crippen LogP contribution in [0.25, 0.3) is 0 Å². The summed E-state index contributed by atoms with van der Waals surface area (Å²) in [5, 5.41) is 16.5. The standard InChI is InChI=1S/C20H23ClN2O5S.C2HF3O2/c1-15(18-13-16(21)7-8-19(18)28-14-20(24)25)22-9-11-23(12-10-22)29(26,27)17-5-3-2-4-6-17;3-2(4,5)1(6)7/h2-8,13,15H,9-12,14H2,1H3,(H,24,25);(H,6,7). The van der Waals surface area contributed by atoms with E-state index in [1.165, 1.54) is 4.31 Å². The molecule has 0 bridgehead atoms. The molecule has 0 spiro atoms. The summed E-state index contributed by atoms with van der Waals surface area (Å²) in [6.45, 7) is 3.35. The van der Waals surface area contributed by atoms with Gasteiger partial charge in [0.25, 0.3) is 0 Å². The SMILES string of the molecule is CC(c1cc(Cl)ccc1OCC(=O)O)N1CCN(S(=O)(=O)c2ccccc2)CC1.O=C(O)C(F)(F)F. The molecule has 1 heterocycles. The number of sulfonamides is 1. The van der Waals surface area contributed by atoms with E-state index in [9.17, 15) is 26.4 Å². The summed E-state index contributed by atoms with van der Waals surface area (Å²) < 4.78 is 64.2. The first-order chi connectivity index (χ1) is 16.7. The van der Waals surface area contributed by atoms with E-state index in [1.54, 1.807) is 48.5 Å². The number of aliphatic carboxylic acids is 2. The van der Waals surface area contributed by atoms with Crippen molar-refractivity contribution < 1.29 is 46.1 Å². The van der Waals surface area contributed by atoms with E-state index in [4.69, 9.17) is 31.3 Å². The Labute approximate surface area is 210 Å². The number of alkyl halides is 3. The number of rotatable bonds is 7. The van der Waals surface area contributed by atoms with Crippen LogP contribution in [0.15, 0.2) is 53.4 Å². The molecule has 1 unspecified atom stereocenters. The average Bonchev–Trinajstić information content (AvgIpc) is 2.83.